The molecular weight excluding hydrogens is 140 g/mol. The molecular formula is C8H14N2O. The van der Waals surface area contributed by atoms with Crippen LogP contribution in [0.5, 0.6) is 0 Å². The van der Waals surface area contributed by atoms with Gasteiger partial charge in [0.2, 0.25) is 0 Å². The maximum atomic E-state index is 9.47. The summed E-state index contributed by atoms with van der Waals surface area (Å²) >= 11 is 0. The molecule has 11 heavy (non-hydrogen) atoms. The first kappa shape index (κ1) is 8.27. The Morgan fingerprint density at radius 3 is 2.91 bits per heavy atom. The highest BCUT2D eigenvalue weighted by atomic mass is 16.3. The van der Waals surface area contributed by atoms with Crippen LogP contribution in [0.15, 0.2) is 12.3 Å². The molecule has 0 fully saturated rings. The maximum absolute atomic E-state index is 9.47. The Hall–Kier alpha value is -0.830. The van der Waals surface area contributed by atoms with Crippen molar-refractivity contribution in [3.8, 4) is 0 Å². The number of aliphatic hydroxyl groups excluding tert-OH is 1. The molecule has 3 nitrogen and oxygen atoms in total. The minimum absolute atomic E-state index is 0.363. The van der Waals surface area contributed by atoms with E-state index in [2.05, 4.69) is 5.10 Å². The summed E-state index contributed by atoms with van der Waals surface area (Å²) in [5.74, 6) is 0. The van der Waals surface area contributed by atoms with Gasteiger partial charge in [0.1, 0.15) is 0 Å². The Balaban J connectivity index is 2.83. The average molecular weight is 154 g/mol. The quantitative estimate of drug-likeness (QED) is 0.713. The van der Waals surface area contributed by atoms with Gasteiger partial charge in [0.25, 0.3) is 0 Å². The Bertz CT molecular complexity index is 220. The van der Waals surface area contributed by atoms with Gasteiger partial charge in [-0.1, -0.05) is 6.92 Å². The van der Waals surface area contributed by atoms with Gasteiger partial charge in [-0.15, -0.1) is 0 Å². The molecule has 1 heterocycles. The van der Waals surface area contributed by atoms with Gasteiger partial charge in [-0.05, 0) is 19.4 Å². The van der Waals surface area contributed by atoms with E-state index in [1.165, 1.54) is 0 Å². The third kappa shape index (κ3) is 1.60. The van der Waals surface area contributed by atoms with E-state index in [0.29, 0.717) is 0 Å². The fourth-order valence-corrected chi connectivity index (χ4v) is 1.10. The van der Waals surface area contributed by atoms with Gasteiger partial charge in [0.15, 0.2) is 0 Å². The standard InChI is InChI=1S/C8H14N2O/c1-3-8(11)7-5-6-9-10(7)4-2/h5-6,8,11H,3-4H2,1-2H3. The molecule has 62 valence electrons. The molecule has 1 aromatic heterocycles. The minimum Gasteiger partial charge on any atom is -0.387 e. The van der Waals surface area contributed by atoms with E-state index in [4.69, 9.17) is 0 Å². The van der Waals surface area contributed by atoms with E-state index >= 15 is 0 Å². The van der Waals surface area contributed by atoms with Crippen molar-refractivity contribution < 1.29 is 5.11 Å². The third-order valence-corrected chi connectivity index (χ3v) is 1.78. The van der Waals surface area contributed by atoms with Gasteiger partial charge < -0.3 is 5.11 Å². The summed E-state index contributed by atoms with van der Waals surface area (Å²) in [5.41, 5.74) is 0.912. The molecule has 3 heteroatoms. The molecule has 1 atom stereocenters. The van der Waals surface area contributed by atoms with Crippen LogP contribution in [0.1, 0.15) is 32.1 Å². The van der Waals surface area contributed by atoms with E-state index in [1.807, 2.05) is 24.6 Å². The van der Waals surface area contributed by atoms with Crippen molar-refractivity contribution in [2.45, 2.75) is 32.9 Å². The lowest BCUT2D eigenvalue weighted by molar-refractivity contribution is 0.162. The zero-order chi connectivity index (χ0) is 8.27. The molecule has 0 saturated heterocycles. The first-order valence-corrected chi connectivity index (χ1v) is 3.99. The zero-order valence-electron chi connectivity index (χ0n) is 6.99. The average Bonchev–Trinajstić information content (AvgIpc) is 2.50. The number of hydrogen-bond acceptors (Lipinski definition) is 2. The number of aryl methyl sites for hydroxylation is 1. The van der Waals surface area contributed by atoms with Crippen LogP contribution in [0.25, 0.3) is 0 Å². The monoisotopic (exact) mass is 154 g/mol. The number of aromatic nitrogens is 2. The summed E-state index contributed by atoms with van der Waals surface area (Å²) in [5, 5.41) is 13.5. The molecule has 0 aromatic carbocycles. The topological polar surface area (TPSA) is 38.1 Å². The minimum atomic E-state index is -0.363. The second-order valence-electron chi connectivity index (χ2n) is 2.50. The molecule has 0 amide bonds. The largest absolute Gasteiger partial charge is 0.387 e. The smallest absolute Gasteiger partial charge is 0.0954 e. The summed E-state index contributed by atoms with van der Waals surface area (Å²) < 4.78 is 1.81. The third-order valence-electron chi connectivity index (χ3n) is 1.78. The van der Waals surface area contributed by atoms with E-state index in [9.17, 15) is 5.11 Å². The van der Waals surface area contributed by atoms with Crippen LogP contribution in [0, 0.1) is 0 Å². The second-order valence-corrected chi connectivity index (χ2v) is 2.50. The van der Waals surface area contributed by atoms with Crippen LogP contribution >= 0.6 is 0 Å². The molecule has 0 spiro atoms. The van der Waals surface area contributed by atoms with E-state index < -0.39 is 0 Å². The number of rotatable bonds is 3. The first-order chi connectivity index (χ1) is 5.29. The first-order valence-electron chi connectivity index (χ1n) is 3.99. The van der Waals surface area contributed by atoms with Crippen molar-refractivity contribution in [3.63, 3.8) is 0 Å². The highest BCUT2D eigenvalue weighted by Gasteiger charge is 2.08. The van der Waals surface area contributed by atoms with Crippen LogP contribution in [0.4, 0.5) is 0 Å². The number of hydrogen-bond donors (Lipinski definition) is 1. The van der Waals surface area contributed by atoms with Crippen molar-refractivity contribution in [3.05, 3.63) is 18.0 Å². The molecule has 0 aliphatic rings. The summed E-state index contributed by atoms with van der Waals surface area (Å²) in [6.07, 6.45) is 2.10. The lowest BCUT2D eigenvalue weighted by atomic mass is 10.2. The molecule has 1 unspecified atom stereocenters. The van der Waals surface area contributed by atoms with E-state index in [1.54, 1.807) is 6.20 Å². The van der Waals surface area contributed by atoms with E-state index in [0.717, 1.165) is 18.7 Å². The van der Waals surface area contributed by atoms with Crippen molar-refractivity contribution >= 4 is 0 Å². The van der Waals surface area contributed by atoms with Gasteiger partial charge in [-0.25, -0.2) is 0 Å². The SMILES string of the molecule is CCC(O)c1ccnn1CC. The Kier molecular flexibility index (Phi) is 2.65. The van der Waals surface area contributed by atoms with Crippen molar-refractivity contribution in [1.29, 1.82) is 0 Å². The molecule has 1 aromatic rings. The molecule has 0 aliphatic carbocycles. The van der Waals surface area contributed by atoms with Crippen LogP contribution in [-0.4, -0.2) is 14.9 Å². The van der Waals surface area contributed by atoms with Crippen LogP contribution in [-0.2, 0) is 6.54 Å². The summed E-state index contributed by atoms with van der Waals surface area (Å²) in [6.45, 7) is 4.79. The lowest BCUT2D eigenvalue weighted by Gasteiger charge is -2.08. The Morgan fingerprint density at radius 2 is 2.36 bits per heavy atom. The fourth-order valence-electron chi connectivity index (χ4n) is 1.10. The summed E-state index contributed by atoms with van der Waals surface area (Å²) in [6, 6.07) is 1.86. The summed E-state index contributed by atoms with van der Waals surface area (Å²) in [7, 11) is 0. The Morgan fingerprint density at radius 1 is 1.64 bits per heavy atom. The summed E-state index contributed by atoms with van der Waals surface area (Å²) in [4.78, 5) is 0. The normalized spacial score (nSPS) is 13.4. The van der Waals surface area contributed by atoms with Gasteiger partial charge in [-0.2, -0.15) is 5.10 Å². The van der Waals surface area contributed by atoms with E-state index in [-0.39, 0.29) is 6.10 Å². The van der Waals surface area contributed by atoms with Gasteiger partial charge in [0.05, 0.1) is 11.8 Å². The predicted molar refractivity (Wildman–Crippen MR) is 43.2 cm³/mol. The predicted octanol–water partition coefficient (Wildman–Crippen LogP) is 1.35. The zero-order valence-corrected chi connectivity index (χ0v) is 6.99. The van der Waals surface area contributed by atoms with Crippen molar-refractivity contribution in [2.24, 2.45) is 0 Å². The highest BCUT2D eigenvalue weighted by Crippen LogP contribution is 2.14. The molecule has 0 radical (unpaired) electrons. The van der Waals surface area contributed by atoms with Crippen LogP contribution < -0.4 is 0 Å². The van der Waals surface area contributed by atoms with Gasteiger partial charge in [0, 0.05) is 12.7 Å². The molecule has 1 N–H and O–H groups in total. The van der Waals surface area contributed by atoms with Crippen molar-refractivity contribution in [1.82, 2.24) is 9.78 Å². The number of nitrogens with zero attached hydrogens (tertiary/aromatic N) is 2. The molecule has 0 aliphatic heterocycles. The molecule has 0 bridgehead atoms. The van der Waals surface area contributed by atoms with Crippen molar-refractivity contribution in [2.75, 3.05) is 0 Å². The fraction of sp³-hybridized carbons (Fsp3) is 0.625. The van der Waals surface area contributed by atoms with Gasteiger partial charge in [-0.3, -0.25) is 4.68 Å². The second kappa shape index (κ2) is 3.53. The van der Waals surface area contributed by atoms with Gasteiger partial charge >= 0.3 is 0 Å². The number of aliphatic hydroxyl groups is 1. The van der Waals surface area contributed by atoms with Crippen LogP contribution in [0.3, 0.4) is 0 Å². The lowest BCUT2D eigenvalue weighted by Crippen LogP contribution is -2.06. The Labute approximate surface area is 66.7 Å². The highest BCUT2D eigenvalue weighted by molar-refractivity contribution is 5.03. The molecule has 1 rings (SSSR count). The van der Waals surface area contributed by atoms with Crippen LogP contribution in [0.2, 0.25) is 0 Å². The maximum Gasteiger partial charge on any atom is 0.0954 e. The molecule has 0 saturated carbocycles.